The highest BCUT2D eigenvalue weighted by molar-refractivity contribution is 7.16. The van der Waals surface area contributed by atoms with Gasteiger partial charge in [-0.3, -0.25) is 4.79 Å². The summed E-state index contributed by atoms with van der Waals surface area (Å²) in [5.74, 6) is 0.176. The van der Waals surface area contributed by atoms with Crippen molar-refractivity contribution in [3.8, 4) is 0 Å². The first-order chi connectivity index (χ1) is 9.63. The average Bonchev–Trinajstić information content (AvgIpc) is 2.87. The number of nitrogens with two attached hydrogens (primary N) is 1. The van der Waals surface area contributed by atoms with Crippen molar-refractivity contribution in [1.82, 2.24) is 9.97 Å². The standard InChI is InChI=1S/C13H9ClN4OS/c14-13-17-11(9-5-6-20-12(9)18-13)16-8-3-1-7(2-4-8)10(15)19/h1-6H,(H2,15,19)(H,16,17,18). The van der Waals surface area contributed by atoms with Crippen molar-refractivity contribution >= 4 is 50.6 Å². The first-order valence-corrected chi connectivity index (χ1v) is 6.97. The maximum atomic E-state index is 11.0. The van der Waals surface area contributed by atoms with Gasteiger partial charge in [0.25, 0.3) is 0 Å². The minimum Gasteiger partial charge on any atom is -0.366 e. The van der Waals surface area contributed by atoms with Crippen LogP contribution < -0.4 is 11.1 Å². The Morgan fingerprint density at radius 1 is 1.20 bits per heavy atom. The molecule has 3 aromatic rings. The molecule has 3 N–H and O–H groups in total. The van der Waals surface area contributed by atoms with Crippen LogP contribution in [0.1, 0.15) is 10.4 Å². The number of amides is 1. The van der Waals surface area contributed by atoms with Gasteiger partial charge in [0, 0.05) is 11.3 Å². The zero-order valence-electron chi connectivity index (χ0n) is 10.1. The van der Waals surface area contributed by atoms with E-state index in [1.165, 1.54) is 11.3 Å². The highest BCUT2D eigenvalue weighted by atomic mass is 35.5. The molecule has 1 aromatic carbocycles. The quantitative estimate of drug-likeness (QED) is 0.728. The SMILES string of the molecule is NC(=O)c1ccc(Nc2nc(Cl)nc3sccc23)cc1. The van der Waals surface area contributed by atoms with E-state index in [1.54, 1.807) is 24.3 Å². The van der Waals surface area contributed by atoms with Crippen molar-refractivity contribution in [2.75, 3.05) is 5.32 Å². The number of primary amides is 1. The summed E-state index contributed by atoms with van der Waals surface area (Å²) in [4.78, 5) is 20.2. The van der Waals surface area contributed by atoms with Gasteiger partial charge in [-0.2, -0.15) is 4.98 Å². The van der Waals surface area contributed by atoms with Gasteiger partial charge in [0.1, 0.15) is 10.6 Å². The molecule has 1 amide bonds. The minimum absolute atomic E-state index is 0.191. The Kier molecular flexibility index (Phi) is 3.25. The predicted molar refractivity (Wildman–Crippen MR) is 80.7 cm³/mol. The third kappa shape index (κ3) is 2.43. The average molecular weight is 305 g/mol. The monoisotopic (exact) mass is 304 g/mol. The Morgan fingerprint density at radius 3 is 2.65 bits per heavy atom. The van der Waals surface area contributed by atoms with Crippen LogP contribution in [0, 0.1) is 0 Å². The number of benzene rings is 1. The molecular formula is C13H9ClN4OS. The normalized spacial score (nSPS) is 10.7. The number of hydrogen-bond donors (Lipinski definition) is 2. The number of hydrogen-bond acceptors (Lipinski definition) is 5. The van der Waals surface area contributed by atoms with E-state index >= 15 is 0 Å². The number of aromatic nitrogens is 2. The van der Waals surface area contributed by atoms with Gasteiger partial charge in [0.15, 0.2) is 0 Å². The molecule has 0 bridgehead atoms. The Hall–Kier alpha value is -2.18. The van der Waals surface area contributed by atoms with Gasteiger partial charge in [-0.25, -0.2) is 4.98 Å². The van der Waals surface area contributed by atoms with Gasteiger partial charge in [-0.05, 0) is 47.3 Å². The molecule has 0 spiro atoms. The first kappa shape index (κ1) is 12.8. The Morgan fingerprint density at radius 2 is 1.95 bits per heavy atom. The summed E-state index contributed by atoms with van der Waals surface area (Å²) in [6, 6.07) is 8.75. The van der Waals surface area contributed by atoms with Crippen molar-refractivity contribution in [3.05, 3.63) is 46.6 Å². The van der Waals surface area contributed by atoms with E-state index in [9.17, 15) is 4.79 Å². The summed E-state index contributed by atoms with van der Waals surface area (Å²) in [5.41, 5.74) is 6.45. The second-order valence-electron chi connectivity index (χ2n) is 4.05. The third-order valence-corrected chi connectivity index (χ3v) is 3.71. The van der Waals surface area contributed by atoms with E-state index in [0.29, 0.717) is 11.4 Å². The fraction of sp³-hybridized carbons (Fsp3) is 0. The van der Waals surface area contributed by atoms with Crippen molar-refractivity contribution in [1.29, 1.82) is 0 Å². The van der Waals surface area contributed by atoms with E-state index in [0.717, 1.165) is 15.9 Å². The summed E-state index contributed by atoms with van der Waals surface area (Å²) in [6.45, 7) is 0. The van der Waals surface area contributed by atoms with E-state index in [1.807, 2.05) is 11.4 Å². The lowest BCUT2D eigenvalue weighted by Crippen LogP contribution is -2.10. The molecular weight excluding hydrogens is 296 g/mol. The second kappa shape index (κ2) is 5.07. The maximum absolute atomic E-state index is 11.0. The lowest BCUT2D eigenvalue weighted by Gasteiger charge is -2.07. The van der Waals surface area contributed by atoms with Crippen LogP contribution in [0.3, 0.4) is 0 Å². The molecule has 0 atom stereocenters. The van der Waals surface area contributed by atoms with Crippen molar-refractivity contribution in [2.24, 2.45) is 5.73 Å². The summed E-state index contributed by atoms with van der Waals surface area (Å²) >= 11 is 7.39. The van der Waals surface area contributed by atoms with E-state index in [2.05, 4.69) is 15.3 Å². The molecule has 2 aromatic heterocycles. The van der Waals surface area contributed by atoms with Gasteiger partial charge >= 0.3 is 0 Å². The molecule has 20 heavy (non-hydrogen) atoms. The van der Waals surface area contributed by atoms with Gasteiger partial charge in [-0.1, -0.05) is 0 Å². The molecule has 3 rings (SSSR count). The summed E-state index contributed by atoms with van der Waals surface area (Å²) in [6.07, 6.45) is 0. The zero-order chi connectivity index (χ0) is 14.1. The van der Waals surface area contributed by atoms with Crippen LogP contribution in [-0.4, -0.2) is 15.9 Å². The molecule has 0 fully saturated rings. The minimum atomic E-state index is -0.457. The number of anilines is 2. The van der Waals surface area contributed by atoms with Crippen molar-refractivity contribution < 1.29 is 4.79 Å². The van der Waals surface area contributed by atoms with E-state index in [4.69, 9.17) is 17.3 Å². The van der Waals surface area contributed by atoms with E-state index in [-0.39, 0.29) is 5.28 Å². The van der Waals surface area contributed by atoms with Crippen LogP contribution in [-0.2, 0) is 0 Å². The molecule has 7 heteroatoms. The van der Waals surface area contributed by atoms with Crippen LogP contribution in [0.4, 0.5) is 11.5 Å². The van der Waals surface area contributed by atoms with Gasteiger partial charge in [0.05, 0.1) is 5.39 Å². The Labute approximate surface area is 123 Å². The van der Waals surface area contributed by atoms with Gasteiger partial charge < -0.3 is 11.1 Å². The number of thiophene rings is 1. The molecule has 0 aliphatic rings. The fourth-order valence-corrected chi connectivity index (χ4v) is 2.76. The Balaban J connectivity index is 1.96. The molecule has 0 unspecified atom stereocenters. The zero-order valence-corrected chi connectivity index (χ0v) is 11.7. The molecule has 0 aliphatic carbocycles. The summed E-state index contributed by atoms with van der Waals surface area (Å²) in [5, 5.41) is 6.18. The number of rotatable bonds is 3. The molecule has 0 radical (unpaired) electrons. The third-order valence-electron chi connectivity index (χ3n) is 2.73. The molecule has 5 nitrogen and oxygen atoms in total. The lowest BCUT2D eigenvalue weighted by atomic mass is 10.2. The number of carbonyl (C=O) groups excluding carboxylic acids is 1. The molecule has 0 saturated heterocycles. The predicted octanol–water partition coefficient (Wildman–Crippen LogP) is 3.19. The van der Waals surface area contributed by atoms with Crippen LogP contribution in [0.25, 0.3) is 10.2 Å². The van der Waals surface area contributed by atoms with Crippen molar-refractivity contribution in [2.45, 2.75) is 0 Å². The number of nitrogens with one attached hydrogen (secondary N) is 1. The topological polar surface area (TPSA) is 80.9 Å². The highest BCUT2D eigenvalue weighted by Crippen LogP contribution is 2.28. The van der Waals surface area contributed by atoms with E-state index < -0.39 is 5.91 Å². The maximum Gasteiger partial charge on any atom is 0.248 e. The van der Waals surface area contributed by atoms with Gasteiger partial charge in [0.2, 0.25) is 11.2 Å². The summed E-state index contributed by atoms with van der Waals surface area (Å²) < 4.78 is 0. The number of halogens is 1. The Bertz CT molecular complexity index is 785. The number of carbonyl (C=O) groups is 1. The number of nitrogens with zero attached hydrogens (tertiary/aromatic N) is 2. The number of fused-ring (bicyclic) bond motifs is 1. The lowest BCUT2D eigenvalue weighted by molar-refractivity contribution is 0.100. The fourth-order valence-electron chi connectivity index (χ4n) is 1.78. The highest BCUT2D eigenvalue weighted by Gasteiger charge is 2.08. The second-order valence-corrected chi connectivity index (χ2v) is 5.28. The molecule has 0 saturated carbocycles. The smallest absolute Gasteiger partial charge is 0.248 e. The van der Waals surface area contributed by atoms with Crippen molar-refractivity contribution in [3.63, 3.8) is 0 Å². The van der Waals surface area contributed by atoms with Crippen LogP contribution in [0.15, 0.2) is 35.7 Å². The summed E-state index contributed by atoms with van der Waals surface area (Å²) in [7, 11) is 0. The van der Waals surface area contributed by atoms with Gasteiger partial charge in [-0.15, -0.1) is 11.3 Å². The first-order valence-electron chi connectivity index (χ1n) is 5.71. The molecule has 2 heterocycles. The van der Waals surface area contributed by atoms with Crippen LogP contribution in [0.2, 0.25) is 5.28 Å². The molecule has 100 valence electrons. The van der Waals surface area contributed by atoms with Crippen LogP contribution >= 0.6 is 22.9 Å². The largest absolute Gasteiger partial charge is 0.366 e. The van der Waals surface area contributed by atoms with Crippen LogP contribution in [0.5, 0.6) is 0 Å². The molecule has 0 aliphatic heterocycles.